The van der Waals surface area contributed by atoms with E-state index >= 15 is 0 Å². The van der Waals surface area contributed by atoms with E-state index in [0.29, 0.717) is 0 Å². The van der Waals surface area contributed by atoms with Crippen molar-refractivity contribution in [2.24, 2.45) is 4.99 Å². The van der Waals surface area contributed by atoms with Crippen molar-refractivity contribution < 1.29 is 4.39 Å². The second-order valence-electron chi connectivity index (χ2n) is 6.15. The summed E-state index contributed by atoms with van der Waals surface area (Å²) in [5.41, 5.74) is 2.17. The first-order chi connectivity index (χ1) is 11.2. The zero-order chi connectivity index (χ0) is 16.5. The summed E-state index contributed by atoms with van der Waals surface area (Å²) in [6.45, 7) is 7.35. The molecule has 0 spiro atoms. The molecule has 2 rings (SSSR count). The topological polar surface area (TPSA) is 39.7 Å². The van der Waals surface area contributed by atoms with Crippen molar-refractivity contribution in [1.82, 2.24) is 15.5 Å². The predicted molar refractivity (Wildman–Crippen MR) is 110 cm³/mol. The van der Waals surface area contributed by atoms with E-state index in [9.17, 15) is 4.39 Å². The molecule has 1 aliphatic heterocycles. The van der Waals surface area contributed by atoms with Crippen LogP contribution in [-0.4, -0.2) is 50.6 Å². The van der Waals surface area contributed by atoms with Crippen molar-refractivity contribution in [3.63, 3.8) is 0 Å². The first-order valence-corrected chi connectivity index (χ1v) is 8.61. The van der Waals surface area contributed by atoms with Gasteiger partial charge in [-0.3, -0.25) is 4.99 Å². The average molecular weight is 448 g/mol. The van der Waals surface area contributed by atoms with Gasteiger partial charge in [-0.2, -0.15) is 0 Å². The van der Waals surface area contributed by atoms with Crippen LogP contribution in [0.1, 0.15) is 30.4 Å². The van der Waals surface area contributed by atoms with Crippen LogP contribution in [0.15, 0.2) is 23.2 Å². The van der Waals surface area contributed by atoms with E-state index < -0.39 is 0 Å². The number of guanidine groups is 1. The van der Waals surface area contributed by atoms with Crippen molar-refractivity contribution in [1.29, 1.82) is 0 Å². The molecule has 0 aliphatic carbocycles. The molecule has 0 amide bonds. The molecule has 1 aromatic carbocycles. The summed E-state index contributed by atoms with van der Waals surface area (Å²) in [6, 6.07) is 4.97. The normalized spacial score (nSPS) is 15.2. The number of hydrogen-bond acceptors (Lipinski definition) is 2. The average Bonchev–Trinajstić information content (AvgIpc) is 3.05. The van der Waals surface area contributed by atoms with Gasteiger partial charge in [-0.15, -0.1) is 24.0 Å². The summed E-state index contributed by atoms with van der Waals surface area (Å²) >= 11 is 0. The molecular formula is C18H30FIN4. The first kappa shape index (κ1) is 21.2. The Morgan fingerprint density at radius 3 is 2.58 bits per heavy atom. The second-order valence-corrected chi connectivity index (χ2v) is 6.15. The molecule has 1 fully saturated rings. The number of rotatable bonds is 7. The van der Waals surface area contributed by atoms with Gasteiger partial charge in [0.2, 0.25) is 0 Å². The van der Waals surface area contributed by atoms with Crippen LogP contribution in [0.2, 0.25) is 0 Å². The second kappa shape index (κ2) is 11.6. The van der Waals surface area contributed by atoms with Crippen LogP contribution >= 0.6 is 24.0 Å². The zero-order valence-electron chi connectivity index (χ0n) is 14.8. The summed E-state index contributed by atoms with van der Waals surface area (Å²) in [5.74, 6) is 0.667. The van der Waals surface area contributed by atoms with Gasteiger partial charge in [0, 0.05) is 20.1 Å². The van der Waals surface area contributed by atoms with Gasteiger partial charge in [0.05, 0.1) is 0 Å². The van der Waals surface area contributed by atoms with Crippen LogP contribution < -0.4 is 10.6 Å². The number of likely N-dealkylation sites (tertiary alicyclic amines) is 1. The molecule has 4 nitrogen and oxygen atoms in total. The smallest absolute Gasteiger partial charge is 0.190 e. The lowest BCUT2D eigenvalue weighted by atomic mass is 10.1. The molecule has 0 atom stereocenters. The number of benzene rings is 1. The molecule has 0 saturated carbocycles. The number of halogens is 2. The molecule has 1 aliphatic rings. The van der Waals surface area contributed by atoms with Crippen molar-refractivity contribution in [3.05, 3.63) is 35.1 Å². The standard InChI is InChI=1S/C18H29FN4.HI/c1-15-14-17(19)7-6-16(15)8-10-22-18(20-2)21-9-5-13-23-11-3-4-12-23;/h6-7,14H,3-5,8-13H2,1-2H3,(H2,20,21,22);1H. The Balaban J connectivity index is 0.00000288. The van der Waals surface area contributed by atoms with Gasteiger partial charge >= 0.3 is 0 Å². The van der Waals surface area contributed by atoms with Crippen molar-refractivity contribution in [3.8, 4) is 0 Å². The predicted octanol–water partition coefficient (Wildman–Crippen LogP) is 2.95. The third kappa shape index (κ3) is 7.34. The number of hydrogen-bond donors (Lipinski definition) is 2. The van der Waals surface area contributed by atoms with E-state index in [1.807, 2.05) is 13.0 Å². The third-order valence-corrected chi connectivity index (χ3v) is 4.36. The van der Waals surface area contributed by atoms with Gasteiger partial charge in [0.15, 0.2) is 5.96 Å². The lowest BCUT2D eigenvalue weighted by Gasteiger charge is -2.16. The molecule has 0 radical (unpaired) electrons. The fourth-order valence-corrected chi connectivity index (χ4v) is 2.99. The molecule has 136 valence electrons. The van der Waals surface area contributed by atoms with Crippen LogP contribution in [0.25, 0.3) is 0 Å². The number of aliphatic imine (C=N–C) groups is 1. The molecule has 6 heteroatoms. The summed E-state index contributed by atoms with van der Waals surface area (Å²) in [5, 5.41) is 6.68. The SMILES string of the molecule is CN=C(NCCCN1CCCC1)NCCc1ccc(F)cc1C.I. The monoisotopic (exact) mass is 448 g/mol. The molecule has 1 heterocycles. The largest absolute Gasteiger partial charge is 0.356 e. The Kier molecular flexibility index (Phi) is 10.2. The fraction of sp³-hybridized carbons (Fsp3) is 0.611. The fourth-order valence-electron chi connectivity index (χ4n) is 2.99. The number of nitrogens with zero attached hydrogens (tertiary/aromatic N) is 2. The Bertz CT molecular complexity index is 516. The summed E-state index contributed by atoms with van der Waals surface area (Å²) in [7, 11) is 1.79. The highest BCUT2D eigenvalue weighted by Crippen LogP contribution is 2.10. The van der Waals surface area contributed by atoms with E-state index in [2.05, 4.69) is 20.5 Å². The maximum atomic E-state index is 13.1. The zero-order valence-corrected chi connectivity index (χ0v) is 17.1. The van der Waals surface area contributed by atoms with E-state index in [1.165, 1.54) is 44.1 Å². The number of nitrogens with one attached hydrogen (secondary N) is 2. The maximum absolute atomic E-state index is 13.1. The highest BCUT2D eigenvalue weighted by Gasteiger charge is 2.10. The van der Waals surface area contributed by atoms with Gasteiger partial charge in [0.1, 0.15) is 5.82 Å². The van der Waals surface area contributed by atoms with Crippen LogP contribution in [0.4, 0.5) is 4.39 Å². The van der Waals surface area contributed by atoms with Crippen molar-refractivity contribution in [2.45, 2.75) is 32.6 Å². The minimum Gasteiger partial charge on any atom is -0.356 e. The van der Waals surface area contributed by atoms with Gasteiger partial charge in [-0.05, 0) is 75.5 Å². The quantitative estimate of drug-likeness (QED) is 0.292. The van der Waals surface area contributed by atoms with Crippen LogP contribution in [-0.2, 0) is 6.42 Å². The molecule has 0 bridgehead atoms. The molecule has 0 unspecified atom stereocenters. The lowest BCUT2D eigenvalue weighted by Crippen LogP contribution is -2.39. The Morgan fingerprint density at radius 1 is 1.21 bits per heavy atom. The Hall–Kier alpha value is -0.890. The Labute approximate surface area is 162 Å². The molecule has 0 aromatic heterocycles. The molecule has 1 aromatic rings. The molecular weight excluding hydrogens is 418 g/mol. The van der Waals surface area contributed by atoms with Crippen molar-refractivity contribution in [2.75, 3.05) is 39.8 Å². The van der Waals surface area contributed by atoms with Gasteiger partial charge in [0.25, 0.3) is 0 Å². The number of aryl methyl sites for hydroxylation is 1. The van der Waals surface area contributed by atoms with E-state index in [1.54, 1.807) is 13.1 Å². The minimum atomic E-state index is -0.172. The minimum absolute atomic E-state index is 0. The van der Waals surface area contributed by atoms with E-state index in [4.69, 9.17) is 0 Å². The molecule has 1 saturated heterocycles. The van der Waals surface area contributed by atoms with Gasteiger partial charge in [-0.1, -0.05) is 6.07 Å². The highest BCUT2D eigenvalue weighted by molar-refractivity contribution is 14.0. The van der Waals surface area contributed by atoms with Crippen LogP contribution in [0.5, 0.6) is 0 Å². The lowest BCUT2D eigenvalue weighted by molar-refractivity contribution is 0.334. The Morgan fingerprint density at radius 2 is 1.92 bits per heavy atom. The molecule has 2 N–H and O–H groups in total. The van der Waals surface area contributed by atoms with Crippen LogP contribution in [0, 0.1) is 12.7 Å². The molecule has 24 heavy (non-hydrogen) atoms. The third-order valence-electron chi connectivity index (χ3n) is 4.36. The first-order valence-electron chi connectivity index (χ1n) is 8.61. The van der Waals surface area contributed by atoms with Crippen molar-refractivity contribution >= 4 is 29.9 Å². The summed E-state index contributed by atoms with van der Waals surface area (Å²) in [4.78, 5) is 6.77. The van der Waals surface area contributed by atoms with Gasteiger partial charge < -0.3 is 15.5 Å². The van der Waals surface area contributed by atoms with E-state index in [0.717, 1.165) is 37.5 Å². The summed E-state index contributed by atoms with van der Waals surface area (Å²) < 4.78 is 13.1. The highest BCUT2D eigenvalue weighted by atomic mass is 127. The van der Waals surface area contributed by atoms with E-state index in [-0.39, 0.29) is 29.8 Å². The van der Waals surface area contributed by atoms with Crippen LogP contribution in [0.3, 0.4) is 0 Å². The maximum Gasteiger partial charge on any atom is 0.190 e. The van der Waals surface area contributed by atoms with Gasteiger partial charge in [-0.25, -0.2) is 4.39 Å². The summed E-state index contributed by atoms with van der Waals surface area (Å²) in [6.07, 6.45) is 4.69.